The summed E-state index contributed by atoms with van der Waals surface area (Å²) in [6.07, 6.45) is -3.00. The van der Waals surface area contributed by atoms with Gasteiger partial charge in [-0.1, -0.05) is 0 Å². The van der Waals surface area contributed by atoms with Gasteiger partial charge >= 0.3 is 6.18 Å². The monoisotopic (exact) mass is 287 g/mol. The summed E-state index contributed by atoms with van der Waals surface area (Å²) in [5.41, 5.74) is -0.368. The lowest BCUT2D eigenvalue weighted by atomic mass is 10.0. The number of nitrogens with one attached hydrogen (secondary N) is 1. The van der Waals surface area contributed by atoms with E-state index < -0.39 is 23.6 Å². The second kappa shape index (κ2) is 5.24. The van der Waals surface area contributed by atoms with Gasteiger partial charge in [-0.25, -0.2) is 4.39 Å². The van der Waals surface area contributed by atoms with Crippen molar-refractivity contribution in [3.8, 4) is 0 Å². The Labute approximate surface area is 113 Å². The highest BCUT2D eigenvalue weighted by Crippen LogP contribution is 2.33. The maximum absolute atomic E-state index is 13.9. The molecule has 0 spiro atoms. The Morgan fingerprint density at radius 2 is 1.95 bits per heavy atom. The zero-order valence-electron chi connectivity index (χ0n) is 10.9. The fourth-order valence-electron chi connectivity index (χ4n) is 2.07. The van der Waals surface area contributed by atoms with E-state index in [1.807, 2.05) is 0 Å². The lowest BCUT2D eigenvalue weighted by molar-refractivity contribution is -0.137. The molecule has 0 radical (unpaired) electrons. The smallest absolute Gasteiger partial charge is 0.308 e. The highest BCUT2D eigenvalue weighted by molar-refractivity contribution is 5.34. The van der Waals surface area contributed by atoms with E-state index in [-0.39, 0.29) is 5.56 Å². The van der Waals surface area contributed by atoms with Crippen molar-refractivity contribution in [2.45, 2.75) is 12.2 Å². The van der Waals surface area contributed by atoms with Crippen LogP contribution in [0.4, 0.5) is 17.6 Å². The summed E-state index contributed by atoms with van der Waals surface area (Å²) in [6.45, 7) is 0. The minimum Gasteiger partial charge on any atom is -0.308 e. The highest BCUT2D eigenvalue weighted by atomic mass is 19.4. The molecule has 20 heavy (non-hydrogen) atoms. The second-order valence-electron chi connectivity index (χ2n) is 4.34. The predicted octanol–water partition coefficient (Wildman–Crippen LogP) is 2.89. The summed E-state index contributed by atoms with van der Waals surface area (Å²) in [5.74, 6) is -0.696. The van der Waals surface area contributed by atoms with Crippen LogP contribution in [0.25, 0.3) is 0 Å². The second-order valence-corrected chi connectivity index (χ2v) is 4.34. The van der Waals surface area contributed by atoms with Gasteiger partial charge in [0, 0.05) is 18.8 Å². The average molecular weight is 287 g/mol. The van der Waals surface area contributed by atoms with Crippen molar-refractivity contribution in [3.05, 3.63) is 53.1 Å². The third kappa shape index (κ3) is 2.67. The molecule has 0 bridgehead atoms. The topological polar surface area (TPSA) is 29.9 Å². The summed E-state index contributed by atoms with van der Waals surface area (Å²) >= 11 is 0. The van der Waals surface area contributed by atoms with Crippen molar-refractivity contribution in [2.24, 2.45) is 7.05 Å². The van der Waals surface area contributed by atoms with Gasteiger partial charge in [-0.3, -0.25) is 4.68 Å². The Morgan fingerprint density at radius 1 is 1.25 bits per heavy atom. The van der Waals surface area contributed by atoms with E-state index >= 15 is 0 Å². The molecule has 0 amide bonds. The van der Waals surface area contributed by atoms with Crippen molar-refractivity contribution >= 4 is 0 Å². The third-order valence-corrected chi connectivity index (χ3v) is 3.08. The van der Waals surface area contributed by atoms with E-state index in [2.05, 4.69) is 10.4 Å². The van der Waals surface area contributed by atoms with Gasteiger partial charge in [-0.2, -0.15) is 18.3 Å². The number of aryl methyl sites for hydroxylation is 1. The third-order valence-electron chi connectivity index (χ3n) is 3.08. The van der Waals surface area contributed by atoms with Gasteiger partial charge in [0.1, 0.15) is 5.82 Å². The number of alkyl halides is 3. The number of hydrogen-bond acceptors (Lipinski definition) is 2. The number of halogens is 4. The molecule has 1 atom stereocenters. The molecule has 0 fully saturated rings. The van der Waals surface area contributed by atoms with Crippen LogP contribution in [0.15, 0.2) is 30.5 Å². The molecule has 1 unspecified atom stereocenters. The number of nitrogens with zero attached hydrogens (tertiary/aromatic N) is 2. The van der Waals surface area contributed by atoms with Crippen molar-refractivity contribution in [1.29, 1.82) is 0 Å². The Kier molecular flexibility index (Phi) is 3.80. The Hall–Kier alpha value is -1.89. The molecule has 108 valence electrons. The molecule has 0 aliphatic rings. The zero-order chi connectivity index (χ0) is 14.9. The van der Waals surface area contributed by atoms with Crippen LogP contribution < -0.4 is 5.32 Å². The first-order valence-electron chi connectivity index (χ1n) is 5.86. The summed E-state index contributed by atoms with van der Waals surface area (Å²) in [6, 6.07) is 3.31. The fraction of sp³-hybridized carbons (Fsp3) is 0.308. The van der Waals surface area contributed by atoms with Crippen LogP contribution >= 0.6 is 0 Å². The quantitative estimate of drug-likeness (QED) is 0.880. The van der Waals surface area contributed by atoms with Gasteiger partial charge in [0.05, 0.1) is 17.3 Å². The first-order chi connectivity index (χ1) is 9.34. The van der Waals surface area contributed by atoms with Crippen LogP contribution in [-0.2, 0) is 13.2 Å². The summed E-state index contributed by atoms with van der Waals surface area (Å²) in [5, 5.41) is 6.76. The van der Waals surface area contributed by atoms with Gasteiger partial charge in [-0.15, -0.1) is 0 Å². The molecule has 7 heteroatoms. The molecule has 2 aromatic rings. The van der Waals surface area contributed by atoms with Crippen LogP contribution in [-0.4, -0.2) is 16.8 Å². The maximum Gasteiger partial charge on any atom is 0.416 e. The predicted molar refractivity (Wildman–Crippen MR) is 65.5 cm³/mol. The van der Waals surface area contributed by atoms with E-state index in [4.69, 9.17) is 0 Å². The first kappa shape index (κ1) is 14.5. The summed E-state index contributed by atoms with van der Waals surface area (Å²) in [4.78, 5) is 0. The van der Waals surface area contributed by atoms with E-state index in [1.54, 1.807) is 20.2 Å². The Bertz CT molecular complexity index is 604. The molecule has 2 rings (SSSR count). The van der Waals surface area contributed by atoms with E-state index in [0.29, 0.717) is 5.69 Å². The van der Waals surface area contributed by atoms with E-state index in [0.717, 1.165) is 18.2 Å². The van der Waals surface area contributed by atoms with Crippen molar-refractivity contribution in [3.63, 3.8) is 0 Å². The molecule has 1 heterocycles. The number of aromatic nitrogens is 2. The SMILES string of the molecule is CNC(c1cc(C(F)(F)F)ccc1F)c1ccnn1C. The summed E-state index contributed by atoms with van der Waals surface area (Å²) < 4.78 is 53.6. The minimum atomic E-state index is -4.51. The molecule has 3 nitrogen and oxygen atoms in total. The molecule has 0 aliphatic carbocycles. The standard InChI is InChI=1S/C13H13F4N3/c1-18-12(11-5-6-19-20(11)2)9-7-8(13(15,16)17)3-4-10(9)14/h3-7,12,18H,1-2H3. The van der Waals surface area contributed by atoms with Crippen molar-refractivity contribution in [2.75, 3.05) is 7.05 Å². The normalized spacial score (nSPS) is 13.5. The van der Waals surface area contributed by atoms with Crippen LogP contribution in [0.2, 0.25) is 0 Å². The van der Waals surface area contributed by atoms with Gasteiger partial charge in [0.2, 0.25) is 0 Å². The van der Waals surface area contributed by atoms with Gasteiger partial charge in [0.15, 0.2) is 0 Å². The Balaban J connectivity index is 2.52. The lowest BCUT2D eigenvalue weighted by Gasteiger charge is -2.19. The molecular formula is C13H13F4N3. The number of hydrogen-bond donors (Lipinski definition) is 1. The van der Waals surface area contributed by atoms with Crippen LogP contribution in [0.3, 0.4) is 0 Å². The number of rotatable bonds is 3. The zero-order valence-corrected chi connectivity index (χ0v) is 10.9. The minimum absolute atomic E-state index is 0.0640. The average Bonchev–Trinajstić information content (AvgIpc) is 2.78. The molecule has 0 saturated carbocycles. The van der Waals surface area contributed by atoms with Crippen LogP contribution in [0, 0.1) is 5.82 Å². The fourth-order valence-corrected chi connectivity index (χ4v) is 2.07. The van der Waals surface area contributed by atoms with Gasteiger partial charge < -0.3 is 5.32 Å². The van der Waals surface area contributed by atoms with E-state index in [1.165, 1.54) is 10.9 Å². The molecule has 0 aliphatic heterocycles. The molecular weight excluding hydrogens is 274 g/mol. The maximum atomic E-state index is 13.9. The van der Waals surface area contributed by atoms with Gasteiger partial charge in [-0.05, 0) is 31.3 Å². The summed E-state index contributed by atoms with van der Waals surface area (Å²) in [7, 11) is 3.20. The number of benzene rings is 1. The van der Waals surface area contributed by atoms with Crippen LogP contribution in [0.1, 0.15) is 22.9 Å². The first-order valence-corrected chi connectivity index (χ1v) is 5.86. The van der Waals surface area contributed by atoms with Crippen molar-refractivity contribution < 1.29 is 17.6 Å². The van der Waals surface area contributed by atoms with Crippen molar-refractivity contribution in [1.82, 2.24) is 15.1 Å². The largest absolute Gasteiger partial charge is 0.416 e. The Morgan fingerprint density at radius 3 is 2.45 bits per heavy atom. The van der Waals surface area contributed by atoms with Crippen LogP contribution in [0.5, 0.6) is 0 Å². The molecule has 1 aromatic carbocycles. The van der Waals surface area contributed by atoms with Gasteiger partial charge in [0.25, 0.3) is 0 Å². The molecule has 0 saturated heterocycles. The van der Waals surface area contributed by atoms with E-state index in [9.17, 15) is 17.6 Å². The highest BCUT2D eigenvalue weighted by Gasteiger charge is 2.32. The molecule has 1 aromatic heterocycles. The molecule has 1 N–H and O–H groups in total. The lowest BCUT2D eigenvalue weighted by Crippen LogP contribution is -2.22.